The first-order valence-electron chi connectivity index (χ1n) is 8.57. The fourth-order valence-electron chi connectivity index (χ4n) is 3.72. The molecular weight excluding hydrogens is 300 g/mol. The van der Waals surface area contributed by atoms with Crippen molar-refractivity contribution in [2.75, 3.05) is 5.32 Å². The minimum Gasteiger partial charge on any atom is -0.328 e. The highest BCUT2D eigenvalue weighted by Crippen LogP contribution is 2.41. The molecule has 0 saturated heterocycles. The molecule has 5 heteroatoms. The Labute approximate surface area is 141 Å². The molecular formula is C19H22N4O. The van der Waals surface area contributed by atoms with E-state index in [1.54, 1.807) is 6.33 Å². The molecule has 0 spiro atoms. The summed E-state index contributed by atoms with van der Waals surface area (Å²) in [5, 5.41) is 7.69. The number of ketones is 1. The van der Waals surface area contributed by atoms with Crippen LogP contribution in [0.1, 0.15) is 56.7 Å². The Bertz CT molecular complexity index is 816. The average Bonchev–Trinajstić information content (AvgIpc) is 3.00. The minimum atomic E-state index is -0.181. The lowest BCUT2D eigenvalue weighted by Crippen LogP contribution is -2.33. The highest BCUT2D eigenvalue weighted by Gasteiger charge is 2.37. The van der Waals surface area contributed by atoms with Gasteiger partial charge in [-0.25, -0.2) is 4.68 Å². The van der Waals surface area contributed by atoms with Crippen LogP contribution >= 0.6 is 0 Å². The van der Waals surface area contributed by atoms with Gasteiger partial charge in [0.2, 0.25) is 5.95 Å². The van der Waals surface area contributed by atoms with E-state index in [0.29, 0.717) is 24.2 Å². The van der Waals surface area contributed by atoms with Crippen molar-refractivity contribution < 1.29 is 4.79 Å². The molecule has 0 fully saturated rings. The molecule has 2 aromatic rings. The molecule has 0 saturated carbocycles. The summed E-state index contributed by atoms with van der Waals surface area (Å²) in [5.74, 6) is 1.78. The molecule has 4 rings (SSSR count). The Morgan fingerprint density at radius 2 is 1.96 bits per heavy atom. The number of Topliss-reactive ketones (excluding diaryl/α,β-unsaturated/α-hetero) is 1. The first-order valence-corrected chi connectivity index (χ1v) is 8.57. The predicted octanol–water partition coefficient (Wildman–Crippen LogP) is 3.67. The third-order valence-electron chi connectivity index (χ3n) is 4.98. The second kappa shape index (κ2) is 5.58. The number of hydrogen-bond donors (Lipinski definition) is 1. The Morgan fingerprint density at radius 3 is 2.67 bits per heavy atom. The van der Waals surface area contributed by atoms with Gasteiger partial charge < -0.3 is 5.32 Å². The highest BCUT2D eigenvalue weighted by molar-refractivity contribution is 5.99. The van der Waals surface area contributed by atoms with E-state index in [4.69, 9.17) is 0 Å². The standard InChI is InChI=1S/C19H22N4O/c1-11(2)13-4-6-14(7-5-13)18-17-15(8-12(3)9-16(17)24)22-19-20-10-21-23(18)19/h4-7,10-12,18H,8-9H2,1-3H3,(H,20,21,22)/t12-,18+/m0/s1. The summed E-state index contributed by atoms with van der Waals surface area (Å²) in [5.41, 5.74) is 4.24. The molecule has 0 unspecified atom stereocenters. The van der Waals surface area contributed by atoms with Gasteiger partial charge in [-0.2, -0.15) is 10.1 Å². The number of allylic oxidation sites excluding steroid dienone is 2. The zero-order valence-corrected chi connectivity index (χ0v) is 14.3. The Kier molecular flexibility index (Phi) is 3.52. The maximum atomic E-state index is 12.8. The first-order chi connectivity index (χ1) is 11.5. The molecule has 2 aliphatic rings. The zero-order chi connectivity index (χ0) is 16.8. The number of carbonyl (C=O) groups is 1. The van der Waals surface area contributed by atoms with Gasteiger partial charge in [-0.1, -0.05) is 45.0 Å². The van der Waals surface area contributed by atoms with E-state index in [-0.39, 0.29) is 11.8 Å². The van der Waals surface area contributed by atoms with Crippen molar-refractivity contribution in [3.8, 4) is 0 Å². The van der Waals surface area contributed by atoms with Gasteiger partial charge in [0.05, 0.1) is 0 Å². The number of anilines is 1. The molecule has 2 atom stereocenters. The lowest BCUT2D eigenvalue weighted by molar-refractivity contribution is -0.117. The van der Waals surface area contributed by atoms with E-state index in [2.05, 4.69) is 60.4 Å². The lowest BCUT2D eigenvalue weighted by atomic mass is 9.81. The number of fused-ring (bicyclic) bond motifs is 1. The summed E-state index contributed by atoms with van der Waals surface area (Å²) >= 11 is 0. The van der Waals surface area contributed by atoms with Gasteiger partial charge >= 0.3 is 0 Å². The van der Waals surface area contributed by atoms with E-state index in [1.807, 2.05) is 4.68 Å². The topological polar surface area (TPSA) is 59.8 Å². The van der Waals surface area contributed by atoms with Crippen molar-refractivity contribution in [1.82, 2.24) is 14.8 Å². The van der Waals surface area contributed by atoms with Crippen LogP contribution in [0, 0.1) is 5.92 Å². The molecule has 1 aliphatic carbocycles. The number of carbonyl (C=O) groups excluding carboxylic acids is 1. The summed E-state index contributed by atoms with van der Waals surface area (Å²) in [6, 6.07) is 8.35. The van der Waals surface area contributed by atoms with E-state index in [9.17, 15) is 4.79 Å². The first kappa shape index (κ1) is 15.1. The third-order valence-corrected chi connectivity index (χ3v) is 4.98. The molecule has 5 nitrogen and oxygen atoms in total. The van der Waals surface area contributed by atoms with Crippen molar-refractivity contribution >= 4 is 11.7 Å². The summed E-state index contributed by atoms with van der Waals surface area (Å²) in [4.78, 5) is 17.1. The Hall–Kier alpha value is -2.43. The molecule has 124 valence electrons. The minimum absolute atomic E-state index is 0.181. The van der Waals surface area contributed by atoms with Crippen LogP contribution in [-0.2, 0) is 4.79 Å². The van der Waals surface area contributed by atoms with Crippen LogP contribution in [0.3, 0.4) is 0 Å². The van der Waals surface area contributed by atoms with E-state index in [0.717, 1.165) is 23.3 Å². The average molecular weight is 322 g/mol. The van der Waals surface area contributed by atoms with Crippen molar-refractivity contribution in [3.05, 3.63) is 53.0 Å². The number of nitrogens with zero attached hydrogens (tertiary/aromatic N) is 3. The van der Waals surface area contributed by atoms with Crippen LogP contribution in [-0.4, -0.2) is 20.5 Å². The summed E-state index contributed by atoms with van der Waals surface area (Å²) in [7, 11) is 0. The van der Waals surface area contributed by atoms with Gasteiger partial charge in [0, 0.05) is 17.7 Å². The fraction of sp³-hybridized carbons (Fsp3) is 0.421. The van der Waals surface area contributed by atoms with Crippen LogP contribution in [0.15, 0.2) is 41.9 Å². The fourth-order valence-corrected chi connectivity index (χ4v) is 3.72. The monoisotopic (exact) mass is 322 g/mol. The smallest absolute Gasteiger partial charge is 0.226 e. The van der Waals surface area contributed by atoms with Gasteiger partial charge in [0.25, 0.3) is 0 Å². The van der Waals surface area contributed by atoms with Crippen LogP contribution in [0.25, 0.3) is 0 Å². The van der Waals surface area contributed by atoms with Gasteiger partial charge in [-0.15, -0.1) is 0 Å². The highest BCUT2D eigenvalue weighted by atomic mass is 16.1. The van der Waals surface area contributed by atoms with Gasteiger partial charge in [0.1, 0.15) is 12.4 Å². The summed E-state index contributed by atoms with van der Waals surface area (Å²) in [6.07, 6.45) is 3.03. The van der Waals surface area contributed by atoms with Crippen molar-refractivity contribution in [2.24, 2.45) is 5.92 Å². The Morgan fingerprint density at radius 1 is 1.21 bits per heavy atom. The number of nitrogens with one attached hydrogen (secondary N) is 1. The largest absolute Gasteiger partial charge is 0.328 e. The van der Waals surface area contributed by atoms with Crippen molar-refractivity contribution in [1.29, 1.82) is 0 Å². The lowest BCUT2D eigenvalue weighted by Gasteiger charge is -2.34. The molecule has 1 N–H and O–H groups in total. The van der Waals surface area contributed by atoms with Crippen LogP contribution in [0.5, 0.6) is 0 Å². The van der Waals surface area contributed by atoms with Crippen molar-refractivity contribution in [2.45, 2.75) is 45.6 Å². The van der Waals surface area contributed by atoms with E-state index < -0.39 is 0 Å². The number of benzene rings is 1. The van der Waals surface area contributed by atoms with Crippen LogP contribution < -0.4 is 5.32 Å². The molecule has 0 radical (unpaired) electrons. The number of hydrogen-bond acceptors (Lipinski definition) is 4. The summed E-state index contributed by atoms with van der Waals surface area (Å²) < 4.78 is 1.83. The number of rotatable bonds is 2. The quantitative estimate of drug-likeness (QED) is 0.916. The third kappa shape index (κ3) is 2.35. The predicted molar refractivity (Wildman–Crippen MR) is 92.7 cm³/mol. The van der Waals surface area contributed by atoms with Gasteiger partial charge in [0.15, 0.2) is 5.78 Å². The molecule has 1 aromatic carbocycles. The molecule has 0 bridgehead atoms. The second-order valence-electron chi connectivity index (χ2n) is 7.21. The van der Waals surface area contributed by atoms with Crippen LogP contribution in [0.2, 0.25) is 0 Å². The maximum absolute atomic E-state index is 12.8. The summed E-state index contributed by atoms with van der Waals surface area (Å²) in [6.45, 7) is 6.48. The normalized spacial score (nSPS) is 23.1. The molecule has 1 aliphatic heterocycles. The van der Waals surface area contributed by atoms with Gasteiger partial charge in [-0.3, -0.25) is 4.79 Å². The van der Waals surface area contributed by atoms with Crippen LogP contribution in [0.4, 0.5) is 5.95 Å². The van der Waals surface area contributed by atoms with Gasteiger partial charge in [-0.05, 0) is 29.4 Å². The van der Waals surface area contributed by atoms with E-state index in [1.165, 1.54) is 5.56 Å². The van der Waals surface area contributed by atoms with E-state index >= 15 is 0 Å². The Balaban J connectivity index is 1.83. The number of aromatic nitrogens is 3. The second-order valence-corrected chi connectivity index (χ2v) is 7.21. The molecule has 0 amide bonds. The molecule has 2 heterocycles. The molecule has 24 heavy (non-hydrogen) atoms. The zero-order valence-electron chi connectivity index (χ0n) is 14.3. The maximum Gasteiger partial charge on any atom is 0.226 e. The SMILES string of the molecule is CC(C)c1ccc([C@@H]2C3=C(C[C@H](C)CC3=O)Nc3ncnn32)cc1. The van der Waals surface area contributed by atoms with Crippen molar-refractivity contribution in [3.63, 3.8) is 0 Å². The molecule has 1 aromatic heterocycles.